The van der Waals surface area contributed by atoms with Gasteiger partial charge in [0.15, 0.2) is 0 Å². The first kappa shape index (κ1) is 16.4. The lowest BCUT2D eigenvalue weighted by molar-refractivity contribution is -0.137. The van der Waals surface area contributed by atoms with Gasteiger partial charge in [0, 0.05) is 12.6 Å². The first-order valence-corrected chi connectivity index (χ1v) is 7.36. The van der Waals surface area contributed by atoms with Crippen molar-refractivity contribution >= 4 is 5.91 Å². The Balaban J connectivity index is 2.68. The van der Waals surface area contributed by atoms with Crippen molar-refractivity contribution in [2.24, 2.45) is 11.7 Å². The second-order valence-electron chi connectivity index (χ2n) is 5.70. The average molecular weight is 271 g/mol. The van der Waals surface area contributed by atoms with Gasteiger partial charge in [0.25, 0.3) is 0 Å². The molecule has 0 saturated carbocycles. The standard InChI is InChI=1S/C14H29N3O2/c1-4-11(2)13(15)14(19)17(9-10-18)12-5-7-16(3)8-6-12/h11-13,18H,4-10,15H2,1-3H3/t11-,13-/m0/s1. The number of rotatable bonds is 6. The molecule has 1 aliphatic heterocycles. The van der Waals surface area contributed by atoms with Gasteiger partial charge in [-0.1, -0.05) is 20.3 Å². The molecule has 0 bridgehead atoms. The maximum Gasteiger partial charge on any atom is 0.240 e. The van der Waals surface area contributed by atoms with Gasteiger partial charge >= 0.3 is 0 Å². The molecule has 1 heterocycles. The molecule has 0 spiro atoms. The zero-order valence-corrected chi connectivity index (χ0v) is 12.5. The highest BCUT2D eigenvalue weighted by Gasteiger charge is 2.31. The Labute approximate surface area is 116 Å². The molecule has 19 heavy (non-hydrogen) atoms. The Morgan fingerprint density at radius 1 is 1.47 bits per heavy atom. The molecule has 112 valence electrons. The summed E-state index contributed by atoms with van der Waals surface area (Å²) in [5.74, 6) is 0.179. The van der Waals surface area contributed by atoms with Gasteiger partial charge in [-0.2, -0.15) is 0 Å². The van der Waals surface area contributed by atoms with Gasteiger partial charge in [0.05, 0.1) is 12.6 Å². The third-order valence-corrected chi connectivity index (χ3v) is 4.29. The van der Waals surface area contributed by atoms with E-state index >= 15 is 0 Å². The summed E-state index contributed by atoms with van der Waals surface area (Å²) in [7, 11) is 2.10. The fraction of sp³-hybridized carbons (Fsp3) is 0.929. The quantitative estimate of drug-likeness (QED) is 0.728. The van der Waals surface area contributed by atoms with E-state index in [0.29, 0.717) is 6.54 Å². The summed E-state index contributed by atoms with van der Waals surface area (Å²) in [5, 5.41) is 9.20. The Morgan fingerprint density at radius 2 is 2.05 bits per heavy atom. The molecule has 0 aromatic heterocycles. The maximum absolute atomic E-state index is 12.5. The number of hydrogen-bond acceptors (Lipinski definition) is 4. The lowest BCUT2D eigenvalue weighted by Crippen LogP contribution is -2.54. The van der Waals surface area contributed by atoms with Crippen molar-refractivity contribution in [3.05, 3.63) is 0 Å². The highest BCUT2D eigenvalue weighted by atomic mass is 16.3. The predicted octanol–water partition coefficient (Wildman–Crippen LogP) is 0.275. The number of piperidine rings is 1. The Hall–Kier alpha value is -0.650. The van der Waals surface area contributed by atoms with Crippen molar-refractivity contribution in [2.75, 3.05) is 33.3 Å². The van der Waals surface area contributed by atoms with E-state index in [1.165, 1.54) is 0 Å². The largest absolute Gasteiger partial charge is 0.395 e. The van der Waals surface area contributed by atoms with Crippen LogP contribution in [0.3, 0.4) is 0 Å². The van der Waals surface area contributed by atoms with Crippen LogP contribution in [0.1, 0.15) is 33.1 Å². The van der Waals surface area contributed by atoms with E-state index in [9.17, 15) is 9.90 Å². The number of amides is 1. The van der Waals surface area contributed by atoms with E-state index in [1.54, 1.807) is 0 Å². The van der Waals surface area contributed by atoms with Crippen LogP contribution in [-0.4, -0.2) is 66.2 Å². The number of likely N-dealkylation sites (tertiary alicyclic amines) is 1. The third-order valence-electron chi connectivity index (χ3n) is 4.29. The summed E-state index contributed by atoms with van der Waals surface area (Å²) in [6.07, 6.45) is 2.83. The number of hydrogen-bond donors (Lipinski definition) is 2. The predicted molar refractivity (Wildman–Crippen MR) is 76.7 cm³/mol. The molecule has 0 aromatic carbocycles. The summed E-state index contributed by atoms with van der Waals surface area (Å²) in [6, 6.07) is -0.220. The fourth-order valence-corrected chi connectivity index (χ4v) is 2.58. The second kappa shape index (κ2) is 7.82. The van der Waals surface area contributed by atoms with Crippen molar-refractivity contribution in [3.63, 3.8) is 0 Å². The lowest BCUT2D eigenvalue weighted by Gasteiger charge is -2.38. The first-order chi connectivity index (χ1) is 9.01. The third kappa shape index (κ3) is 4.44. The lowest BCUT2D eigenvalue weighted by atomic mass is 9.96. The number of aliphatic hydroxyl groups excluding tert-OH is 1. The summed E-state index contributed by atoms with van der Waals surface area (Å²) < 4.78 is 0. The van der Waals surface area contributed by atoms with Crippen molar-refractivity contribution in [2.45, 2.75) is 45.2 Å². The highest BCUT2D eigenvalue weighted by Crippen LogP contribution is 2.18. The first-order valence-electron chi connectivity index (χ1n) is 7.36. The van der Waals surface area contributed by atoms with Gasteiger partial charge < -0.3 is 20.6 Å². The van der Waals surface area contributed by atoms with Crippen LogP contribution in [0.25, 0.3) is 0 Å². The van der Waals surface area contributed by atoms with Gasteiger partial charge in [-0.3, -0.25) is 4.79 Å². The minimum atomic E-state index is -0.448. The monoisotopic (exact) mass is 271 g/mol. The molecule has 0 unspecified atom stereocenters. The number of carbonyl (C=O) groups is 1. The smallest absolute Gasteiger partial charge is 0.240 e. The van der Waals surface area contributed by atoms with Gasteiger partial charge in [-0.15, -0.1) is 0 Å². The van der Waals surface area contributed by atoms with Crippen LogP contribution in [0.2, 0.25) is 0 Å². The Kier molecular flexibility index (Phi) is 6.75. The molecule has 1 fully saturated rings. The van der Waals surface area contributed by atoms with Crippen LogP contribution in [-0.2, 0) is 4.79 Å². The molecule has 2 atom stereocenters. The highest BCUT2D eigenvalue weighted by molar-refractivity contribution is 5.82. The number of aliphatic hydroxyl groups is 1. The van der Waals surface area contributed by atoms with Crippen LogP contribution in [0.5, 0.6) is 0 Å². The van der Waals surface area contributed by atoms with Crippen molar-refractivity contribution in [1.82, 2.24) is 9.80 Å². The zero-order chi connectivity index (χ0) is 14.4. The van der Waals surface area contributed by atoms with Gasteiger partial charge in [-0.25, -0.2) is 0 Å². The molecule has 1 rings (SSSR count). The normalized spacial score (nSPS) is 21.1. The molecular weight excluding hydrogens is 242 g/mol. The maximum atomic E-state index is 12.5. The molecular formula is C14H29N3O2. The summed E-state index contributed by atoms with van der Waals surface area (Å²) in [4.78, 5) is 16.6. The van der Waals surface area contributed by atoms with Crippen LogP contribution in [0.4, 0.5) is 0 Å². The summed E-state index contributed by atoms with van der Waals surface area (Å²) in [6.45, 7) is 6.46. The van der Waals surface area contributed by atoms with E-state index in [2.05, 4.69) is 11.9 Å². The van der Waals surface area contributed by atoms with Crippen LogP contribution in [0, 0.1) is 5.92 Å². The van der Waals surface area contributed by atoms with Gasteiger partial charge in [0.2, 0.25) is 5.91 Å². The number of carbonyl (C=O) groups excluding carboxylic acids is 1. The topological polar surface area (TPSA) is 69.8 Å². The Bertz CT molecular complexity index is 278. The van der Waals surface area contributed by atoms with Crippen LogP contribution in [0.15, 0.2) is 0 Å². The molecule has 1 saturated heterocycles. The van der Waals surface area contributed by atoms with Crippen LogP contribution >= 0.6 is 0 Å². The number of nitrogens with zero attached hydrogens (tertiary/aromatic N) is 2. The molecule has 3 N–H and O–H groups in total. The molecule has 1 amide bonds. The molecule has 5 nitrogen and oxygen atoms in total. The Morgan fingerprint density at radius 3 is 2.53 bits per heavy atom. The minimum Gasteiger partial charge on any atom is -0.395 e. The van der Waals surface area contributed by atoms with Gasteiger partial charge in [-0.05, 0) is 38.9 Å². The summed E-state index contributed by atoms with van der Waals surface area (Å²) >= 11 is 0. The molecule has 1 aliphatic rings. The number of nitrogens with two attached hydrogens (primary N) is 1. The summed E-state index contributed by atoms with van der Waals surface area (Å²) in [5.41, 5.74) is 6.05. The fourth-order valence-electron chi connectivity index (χ4n) is 2.58. The van der Waals surface area contributed by atoms with E-state index < -0.39 is 6.04 Å². The molecule has 0 aromatic rings. The SMILES string of the molecule is CC[C@H](C)[C@H](N)C(=O)N(CCO)C1CCN(C)CC1. The van der Waals surface area contributed by atoms with Crippen molar-refractivity contribution in [3.8, 4) is 0 Å². The van der Waals surface area contributed by atoms with E-state index in [-0.39, 0.29) is 24.5 Å². The molecule has 0 radical (unpaired) electrons. The van der Waals surface area contributed by atoms with E-state index in [0.717, 1.165) is 32.4 Å². The van der Waals surface area contributed by atoms with E-state index in [4.69, 9.17) is 5.73 Å². The van der Waals surface area contributed by atoms with Gasteiger partial charge in [0.1, 0.15) is 0 Å². The van der Waals surface area contributed by atoms with E-state index in [1.807, 2.05) is 18.7 Å². The molecule has 0 aliphatic carbocycles. The van der Waals surface area contributed by atoms with Crippen molar-refractivity contribution < 1.29 is 9.90 Å². The molecule has 5 heteroatoms. The average Bonchev–Trinajstić information content (AvgIpc) is 2.43. The second-order valence-corrected chi connectivity index (χ2v) is 5.70. The minimum absolute atomic E-state index is 0.00190. The van der Waals surface area contributed by atoms with Crippen LogP contribution < -0.4 is 5.73 Å². The zero-order valence-electron chi connectivity index (χ0n) is 12.5. The van der Waals surface area contributed by atoms with Crippen molar-refractivity contribution in [1.29, 1.82) is 0 Å².